The van der Waals surface area contributed by atoms with Gasteiger partial charge in [0.15, 0.2) is 0 Å². The number of halogens is 2. The fourth-order valence-electron chi connectivity index (χ4n) is 2.68. The van der Waals surface area contributed by atoms with Crippen LogP contribution in [0.2, 0.25) is 5.02 Å². The molecule has 3 rings (SSSR count). The topological polar surface area (TPSA) is 58.2 Å². The third-order valence-corrected chi connectivity index (χ3v) is 4.57. The van der Waals surface area contributed by atoms with Gasteiger partial charge in [0.2, 0.25) is 11.8 Å². The fraction of sp³-hybridized carbons (Fsp3) is 0.263. The molecule has 6 heteroatoms. The van der Waals surface area contributed by atoms with Gasteiger partial charge in [-0.25, -0.2) is 4.39 Å². The highest BCUT2D eigenvalue weighted by atomic mass is 35.5. The van der Waals surface area contributed by atoms with Crippen LogP contribution < -0.4 is 10.6 Å². The van der Waals surface area contributed by atoms with Gasteiger partial charge in [-0.2, -0.15) is 0 Å². The van der Waals surface area contributed by atoms with Gasteiger partial charge in [0.05, 0.1) is 11.8 Å². The first-order chi connectivity index (χ1) is 12.0. The summed E-state index contributed by atoms with van der Waals surface area (Å²) < 4.78 is 13.5. The lowest BCUT2D eigenvalue weighted by Gasteiger charge is -2.09. The van der Waals surface area contributed by atoms with E-state index in [4.69, 9.17) is 11.6 Å². The van der Waals surface area contributed by atoms with Crippen LogP contribution in [-0.4, -0.2) is 11.8 Å². The smallest absolute Gasteiger partial charge is 0.228 e. The molecule has 0 heterocycles. The Morgan fingerprint density at radius 1 is 1.16 bits per heavy atom. The second kappa shape index (κ2) is 7.23. The van der Waals surface area contributed by atoms with E-state index >= 15 is 0 Å². The molecule has 0 bridgehead atoms. The maximum Gasteiger partial charge on any atom is 0.228 e. The van der Waals surface area contributed by atoms with E-state index in [2.05, 4.69) is 10.6 Å². The van der Waals surface area contributed by atoms with Crippen LogP contribution in [-0.2, 0) is 16.1 Å². The summed E-state index contributed by atoms with van der Waals surface area (Å²) in [6, 6.07) is 11.5. The van der Waals surface area contributed by atoms with Gasteiger partial charge in [-0.15, -0.1) is 0 Å². The molecule has 0 aliphatic heterocycles. The fourth-order valence-corrected chi connectivity index (χ4v) is 2.86. The van der Waals surface area contributed by atoms with Gasteiger partial charge < -0.3 is 10.6 Å². The summed E-state index contributed by atoms with van der Waals surface area (Å²) in [6.45, 7) is 1.99. The van der Waals surface area contributed by atoms with Crippen LogP contribution in [0.5, 0.6) is 0 Å². The SMILES string of the molecule is Cc1ccc(Cl)cc1NC(=O)C1CC1C(=O)NCc1ccccc1F. The molecule has 2 unspecified atom stereocenters. The molecule has 0 aromatic heterocycles. The van der Waals surface area contributed by atoms with Gasteiger partial charge in [-0.05, 0) is 37.1 Å². The zero-order valence-corrected chi connectivity index (χ0v) is 14.4. The summed E-state index contributed by atoms with van der Waals surface area (Å²) in [5.74, 6) is -1.52. The second-order valence-corrected chi connectivity index (χ2v) is 6.64. The molecule has 0 spiro atoms. The van der Waals surface area contributed by atoms with Crippen molar-refractivity contribution in [2.45, 2.75) is 19.9 Å². The molecule has 2 aromatic carbocycles. The molecule has 25 heavy (non-hydrogen) atoms. The Morgan fingerprint density at radius 2 is 1.88 bits per heavy atom. The molecule has 2 N–H and O–H groups in total. The van der Waals surface area contributed by atoms with Gasteiger partial charge in [0.1, 0.15) is 5.82 Å². The lowest BCUT2D eigenvalue weighted by Crippen LogP contribution is -2.27. The van der Waals surface area contributed by atoms with Crippen LogP contribution in [0.3, 0.4) is 0 Å². The predicted octanol–water partition coefficient (Wildman–Crippen LogP) is 3.68. The number of carbonyl (C=O) groups excluding carboxylic acids is 2. The highest BCUT2D eigenvalue weighted by molar-refractivity contribution is 6.31. The first-order valence-corrected chi connectivity index (χ1v) is 8.41. The zero-order valence-electron chi connectivity index (χ0n) is 13.7. The van der Waals surface area contributed by atoms with Crippen LogP contribution in [0.15, 0.2) is 42.5 Å². The van der Waals surface area contributed by atoms with Crippen LogP contribution in [0, 0.1) is 24.6 Å². The Bertz CT molecular complexity index is 825. The van der Waals surface area contributed by atoms with E-state index in [9.17, 15) is 14.0 Å². The molecule has 130 valence electrons. The molecule has 2 atom stereocenters. The molecule has 1 aliphatic carbocycles. The van der Waals surface area contributed by atoms with Crippen molar-refractivity contribution >= 4 is 29.1 Å². The van der Waals surface area contributed by atoms with Crippen LogP contribution >= 0.6 is 11.6 Å². The third-order valence-electron chi connectivity index (χ3n) is 4.33. The van der Waals surface area contributed by atoms with Gasteiger partial charge in [-0.1, -0.05) is 35.9 Å². The Morgan fingerprint density at radius 3 is 2.64 bits per heavy atom. The van der Waals surface area contributed by atoms with Crippen molar-refractivity contribution < 1.29 is 14.0 Å². The standard InChI is InChI=1S/C19H18ClFN2O2/c1-11-6-7-13(20)8-17(11)23-19(25)15-9-14(15)18(24)22-10-12-4-2-3-5-16(12)21/h2-8,14-15H,9-10H2,1H3,(H,22,24)(H,23,25). The molecular formula is C19H18ClFN2O2. The number of anilines is 1. The molecule has 4 nitrogen and oxygen atoms in total. The lowest BCUT2D eigenvalue weighted by molar-refractivity contribution is -0.125. The molecular weight excluding hydrogens is 343 g/mol. The average molecular weight is 361 g/mol. The Balaban J connectivity index is 1.53. The zero-order chi connectivity index (χ0) is 18.0. The molecule has 1 aliphatic rings. The maximum absolute atomic E-state index is 13.5. The quantitative estimate of drug-likeness (QED) is 0.854. The molecule has 1 fully saturated rings. The van der Waals surface area contributed by atoms with Crippen molar-refractivity contribution in [2.75, 3.05) is 5.32 Å². The minimum absolute atomic E-state index is 0.115. The highest BCUT2D eigenvalue weighted by Crippen LogP contribution is 2.40. The normalized spacial score (nSPS) is 18.5. The molecule has 1 saturated carbocycles. The molecule has 2 aromatic rings. The third kappa shape index (κ3) is 4.17. The number of hydrogen-bond acceptors (Lipinski definition) is 2. The number of rotatable bonds is 5. The van der Waals surface area contributed by atoms with E-state index in [1.807, 2.05) is 13.0 Å². The minimum atomic E-state index is -0.369. The van der Waals surface area contributed by atoms with Gasteiger partial charge in [0.25, 0.3) is 0 Å². The summed E-state index contributed by atoms with van der Waals surface area (Å²) in [5.41, 5.74) is 1.97. The van der Waals surface area contributed by atoms with Crippen molar-refractivity contribution in [3.63, 3.8) is 0 Å². The molecule has 0 saturated heterocycles. The van der Waals surface area contributed by atoms with Crippen molar-refractivity contribution in [1.82, 2.24) is 5.32 Å². The van der Waals surface area contributed by atoms with E-state index in [1.54, 1.807) is 30.3 Å². The molecule has 2 amide bonds. The van der Waals surface area contributed by atoms with Crippen molar-refractivity contribution in [1.29, 1.82) is 0 Å². The molecule has 0 radical (unpaired) electrons. The van der Waals surface area contributed by atoms with Crippen molar-refractivity contribution in [3.05, 3.63) is 64.4 Å². The largest absolute Gasteiger partial charge is 0.352 e. The van der Waals surface area contributed by atoms with Gasteiger partial charge >= 0.3 is 0 Å². The van der Waals surface area contributed by atoms with E-state index in [-0.39, 0.29) is 36.0 Å². The summed E-state index contributed by atoms with van der Waals surface area (Å²) >= 11 is 5.94. The van der Waals surface area contributed by atoms with Crippen molar-refractivity contribution in [3.8, 4) is 0 Å². The monoisotopic (exact) mass is 360 g/mol. The van der Waals surface area contributed by atoms with E-state index in [1.165, 1.54) is 6.07 Å². The van der Waals surface area contributed by atoms with E-state index in [0.717, 1.165) is 5.56 Å². The number of nitrogens with one attached hydrogen (secondary N) is 2. The average Bonchev–Trinajstić information content (AvgIpc) is 3.38. The Labute approximate surface area is 150 Å². The maximum atomic E-state index is 13.5. The van der Waals surface area contributed by atoms with E-state index in [0.29, 0.717) is 22.7 Å². The highest BCUT2D eigenvalue weighted by Gasteiger charge is 2.48. The van der Waals surface area contributed by atoms with Gasteiger partial charge in [0, 0.05) is 22.8 Å². The van der Waals surface area contributed by atoms with Crippen LogP contribution in [0.4, 0.5) is 10.1 Å². The minimum Gasteiger partial charge on any atom is -0.352 e. The Kier molecular flexibility index (Phi) is 5.04. The van der Waals surface area contributed by atoms with Crippen molar-refractivity contribution in [2.24, 2.45) is 11.8 Å². The summed E-state index contributed by atoms with van der Waals surface area (Å²) in [5, 5.41) is 6.05. The number of amides is 2. The van der Waals surface area contributed by atoms with Crippen LogP contribution in [0.25, 0.3) is 0 Å². The second-order valence-electron chi connectivity index (χ2n) is 6.21. The predicted molar refractivity (Wildman–Crippen MR) is 94.7 cm³/mol. The number of benzene rings is 2. The first-order valence-electron chi connectivity index (χ1n) is 8.04. The van der Waals surface area contributed by atoms with Crippen LogP contribution in [0.1, 0.15) is 17.5 Å². The lowest BCUT2D eigenvalue weighted by atomic mass is 10.2. The Hall–Kier alpha value is -2.40. The first kappa shape index (κ1) is 17.4. The summed E-state index contributed by atoms with van der Waals surface area (Å²) in [4.78, 5) is 24.4. The summed E-state index contributed by atoms with van der Waals surface area (Å²) in [6.07, 6.45) is 0.495. The number of aryl methyl sites for hydroxylation is 1. The number of hydrogen-bond donors (Lipinski definition) is 2. The number of carbonyl (C=O) groups is 2. The van der Waals surface area contributed by atoms with Gasteiger partial charge in [-0.3, -0.25) is 9.59 Å². The summed E-state index contributed by atoms with van der Waals surface area (Å²) in [7, 11) is 0. The van der Waals surface area contributed by atoms with E-state index < -0.39 is 0 Å².